The standard InChI is InChI=1S/C21H25N3O5/c1-29-20(27)24-13-21(8-9-21)11-16(18(25)22-28)17(24)19(26)23-10-7-15(12-23)14-5-3-2-4-6-14/h2-7,16-17,28H,8-13H2,1H3,(H,22,25)/t16-,17-/m0/s1. The number of amides is 3. The number of ether oxygens (including phenoxy) is 1. The lowest BCUT2D eigenvalue weighted by molar-refractivity contribution is -0.149. The van der Waals surface area contributed by atoms with E-state index in [9.17, 15) is 19.6 Å². The number of benzene rings is 1. The van der Waals surface area contributed by atoms with Crippen LogP contribution in [-0.2, 0) is 14.3 Å². The van der Waals surface area contributed by atoms with Crippen molar-refractivity contribution >= 4 is 23.5 Å². The Bertz CT molecular complexity index is 821. The summed E-state index contributed by atoms with van der Waals surface area (Å²) in [6.07, 6.45) is 3.61. The number of nitrogens with one attached hydrogen (secondary N) is 1. The molecule has 2 fully saturated rings. The number of piperidine rings is 1. The van der Waals surface area contributed by atoms with Crippen LogP contribution >= 0.6 is 0 Å². The minimum Gasteiger partial charge on any atom is -0.453 e. The highest BCUT2D eigenvalue weighted by molar-refractivity contribution is 5.94. The van der Waals surface area contributed by atoms with E-state index in [-0.39, 0.29) is 11.3 Å². The second-order valence-corrected chi connectivity index (χ2v) is 8.14. The van der Waals surface area contributed by atoms with Gasteiger partial charge in [-0.2, -0.15) is 0 Å². The molecule has 1 saturated carbocycles. The van der Waals surface area contributed by atoms with Crippen molar-refractivity contribution in [2.75, 3.05) is 26.7 Å². The zero-order valence-electron chi connectivity index (χ0n) is 16.3. The van der Waals surface area contributed by atoms with Crippen LogP contribution in [0.5, 0.6) is 0 Å². The van der Waals surface area contributed by atoms with Crippen LogP contribution in [-0.4, -0.2) is 65.7 Å². The van der Waals surface area contributed by atoms with Gasteiger partial charge < -0.3 is 9.64 Å². The molecule has 0 radical (unpaired) electrons. The molecule has 8 nitrogen and oxygen atoms in total. The second-order valence-electron chi connectivity index (χ2n) is 8.14. The van der Waals surface area contributed by atoms with Gasteiger partial charge in [0.2, 0.25) is 11.8 Å². The number of rotatable bonds is 3. The normalized spacial score (nSPS) is 24.8. The van der Waals surface area contributed by atoms with Crippen LogP contribution in [0.25, 0.3) is 5.57 Å². The summed E-state index contributed by atoms with van der Waals surface area (Å²) in [5.41, 5.74) is 3.59. The summed E-state index contributed by atoms with van der Waals surface area (Å²) in [5, 5.41) is 9.25. The van der Waals surface area contributed by atoms with Crippen LogP contribution in [0.1, 0.15) is 24.8 Å². The SMILES string of the molecule is COC(=O)N1CC2(CC2)C[C@H](C(=O)NO)[C@H]1C(=O)N1CC=C(c2ccccc2)C1. The predicted octanol–water partition coefficient (Wildman–Crippen LogP) is 1.65. The van der Waals surface area contributed by atoms with Crippen molar-refractivity contribution in [3.8, 4) is 0 Å². The van der Waals surface area contributed by atoms with Gasteiger partial charge >= 0.3 is 6.09 Å². The van der Waals surface area contributed by atoms with Crippen molar-refractivity contribution in [3.05, 3.63) is 42.0 Å². The Morgan fingerprint density at radius 1 is 1.21 bits per heavy atom. The molecule has 8 heteroatoms. The maximum absolute atomic E-state index is 13.5. The molecule has 2 atom stereocenters. The molecule has 0 unspecified atom stereocenters. The smallest absolute Gasteiger partial charge is 0.410 e. The average Bonchev–Trinajstić information content (AvgIpc) is 3.31. The summed E-state index contributed by atoms with van der Waals surface area (Å²) in [6, 6.07) is 8.79. The molecule has 2 heterocycles. The number of hydroxylamine groups is 1. The molecule has 1 spiro atoms. The molecular formula is C21H25N3O5. The van der Waals surface area contributed by atoms with Crippen molar-refractivity contribution in [1.82, 2.24) is 15.3 Å². The fraction of sp³-hybridized carbons (Fsp3) is 0.476. The first kappa shape index (κ1) is 19.4. The van der Waals surface area contributed by atoms with Gasteiger partial charge in [0.05, 0.1) is 13.0 Å². The fourth-order valence-electron chi connectivity index (χ4n) is 4.55. The number of hydrogen-bond donors (Lipinski definition) is 2. The maximum Gasteiger partial charge on any atom is 0.410 e. The van der Waals surface area contributed by atoms with E-state index in [0.717, 1.165) is 24.0 Å². The van der Waals surface area contributed by atoms with Crippen LogP contribution in [0.2, 0.25) is 0 Å². The summed E-state index contributed by atoms with van der Waals surface area (Å²) < 4.78 is 4.92. The van der Waals surface area contributed by atoms with E-state index in [2.05, 4.69) is 0 Å². The van der Waals surface area contributed by atoms with Gasteiger partial charge in [0.15, 0.2) is 0 Å². The molecule has 154 valence electrons. The molecule has 3 amide bonds. The molecular weight excluding hydrogens is 374 g/mol. The first-order chi connectivity index (χ1) is 14.0. The predicted molar refractivity (Wildman–Crippen MR) is 104 cm³/mol. The third-order valence-electron chi connectivity index (χ3n) is 6.32. The third kappa shape index (κ3) is 3.60. The molecule has 1 aromatic rings. The molecule has 4 rings (SSSR count). The molecule has 1 aromatic carbocycles. The highest BCUT2D eigenvalue weighted by Gasteiger charge is 2.57. The van der Waals surface area contributed by atoms with E-state index in [4.69, 9.17) is 4.74 Å². The Morgan fingerprint density at radius 2 is 1.93 bits per heavy atom. The summed E-state index contributed by atoms with van der Waals surface area (Å²) >= 11 is 0. The second kappa shape index (κ2) is 7.51. The van der Waals surface area contributed by atoms with E-state index in [1.54, 1.807) is 10.4 Å². The molecule has 2 N–H and O–H groups in total. The number of carbonyl (C=O) groups excluding carboxylic acids is 3. The zero-order valence-corrected chi connectivity index (χ0v) is 16.3. The van der Waals surface area contributed by atoms with E-state index in [0.29, 0.717) is 26.1 Å². The monoisotopic (exact) mass is 399 g/mol. The van der Waals surface area contributed by atoms with E-state index < -0.39 is 24.0 Å². The van der Waals surface area contributed by atoms with Crippen LogP contribution in [0.15, 0.2) is 36.4 Å². The zero-order chi connectivity index (χ0) is 20.6. The average molecular weight is 399 g/mol. The Kier molecular flexibility index (Phi) is 5.04. The van der Waals surface area contributed by atoms with Crippen LogP contribution < -0.4 is 5.48 Å². The summed E-state index contributed by atoms with van der Waals surface area (Å²) in [5.74, 6) is -1.76. The lowest BCUT2D eigenvalue weighted by atomic mass is 9.80. The van der Waals surface area contributed by atoms with Gasteiger partial charge in [-0.05, 0) is 35.8 Å². The molecule has 1 aliphatic carbocycles. The van der Waals surface area contributed by atoms with Crippen molar-refractivity contribution in [2.45, 2.75) is 25.3 Å². The minimum absolute atomic E-state index is 0.166. The van der Waals surface area contributed by atoms with Crippen LogP contribution in [0.4, 0.5) is 4.79 Å². The van der Waals surface area contributed by atoms with E-state index >= 15 is 0 Å². The van der Waals surface area contributed by atoms with Crippen LogP contribution in [0.3, 0.4) is 0 Å². The third-order valence-corrected chi connectivity index (χ3v) is 6.32. The quantitative estimate of drug-likeness (QED) is 0.595. The van der Waals surface area contributed by atoms with Gasteiger partial charge in [-0.3, -0.25) is 19.7 Å². The molecule has 3 aliphatic rings. The molecule has 29 heavy (non-hydrogen) atoms. The van der Waals surface area contributed by atoms with Crippen molar-refractivity contribution in [2.24, 2.45) is 11.3 Å². The Hall–Kier alpha value is -2.87. The van der Waals surface area contributed by atoms with Crippen molar-refractivity contribution in [1.29, 1.82) is 0 Å². The fourth-order valence-corrected chi connectivity index (χ4v) is 4.55. The number of methoxy groups -OCH3 is 1. The number of likely N-dealkylation sites (tertiary alicyclic amines) is 1. The Balaban J connectivity index is 1.58. The Labute approximate surface area is 169 Å². The number of nitrogens with zero attached hydrogens (tertiary/aromatic N) is 2. The van der Waals surface area contributed by atoms with Gasteiger partial charge in [-0.1, -0.05) is 36.4 Å². The topological polar surface area (TPSA) is 99.2 Å². The Morgan fingerprint density at radius 3 is 2.55 bits per heavy atom. The van der Waals surface area contributed by atoms with Crippen molar-refractivity contribution < 1.29 is 24.3 Å². The van der Waals surface area contributed by atoms with Crippen molar-refractivity contribution in [3.63, 3.8) is 0 Å². The summed E-state index contributed by atoms with van der Waals surface area (Å²) in [7, 11) is 1.27. The van der Waals surface area contributed by atoms with Crippen LogP contribution in [0, 0.1) is 11.3 Å². The van der Waals surface area contributed by atoms with E-state index in [1.807, 2.05) is 36.4 Å². The van der Waals surface area contributed by atoms with Gasteiger partial charge in [0.25, 0.3) is 0 Å². The first-order valence-electron chi connectivity index (χ1n) is 9.80. The lowest BCUT2D eigenvalue weighted by Crippen LogP contribution is -2.61. The van der Waals surface area contributed by atoms with Gasteiger partial charge in [0, 0.05) is 19.6 Å². The lowest BCUT2D eigenvalue weighted by Gasteiger charge is -2.43. The molecule has 1 saturated heterocycles. The molecule has 2 aliphatic heterocycles. The summed E-state index contributed by atoms with van der Waals surface area (Å²) in [6.45, 7) is 1.21. The highest BCUT2D eigenvalue weighted by atomic mass is 16.5. The maximum atomic E-state index is 13.5. The first-order valence-corrected chi connectivity index (χ1v) is 9.80. The van der Waals surface area contributed by atoms with E-state index in [1.165, 1.54) is 12.0 Å². The number of carbonyl (C=O) groups is 3. The molecule has 0 aromatic heterocycles. The number of hydrogen-bond acceptors (Lipinski definition) is 5. The molecule has 0 bridgehead atoms. The van der Waals surface area contributed by atoms with Gasteiger partial charge in [0.1, 0.15) is 6.04 Å². The highest BCUT2D eigenvalue weighted by Crippen LogP contribution is 2.55. The van der Waals surface area contributed by atoms with Gasteiger partial charge in [-0.15, -0.1) is 0 Å². The largest absolute Gasteiger partial charge is 0.453 e. The minimum atomic E-state index is -0.996. The summed E-state index contributed by atoms with van der Waals surface area (Å²) in [4.78, 5) is 41.4. The van der Waals surface area contributed by atoms with Gasteiger partial charge in [-0.25, -0.2) is 10.3 Å².